The fraction of sp³-hybridized carbons (Fsp3) is 0.480. The van der Waals surface area contributed by atoms with Gasteiger partial charge in [0.15, 0.2) is 0 Å². The Labute approximate surface area is 224 Å². The molecular weight excluding hydrogens is 543 g/mol. The molecule has 0 spiro atoms. The summed E-state index contributed by atoms with van der Waals surface area (Å²) in [5.41, 5.74) is -2.14. The number of carbonyl (C=O) groups is 1. The predicted molar refractivity (Wildman–Crippen MR) is 133 cm³/mol. The third-order valence-electron chi connectivity index (χ3n) is 7.22. The number of alkyl halides is 6. The fourth-order valence-electron chi connectivity index (χ4n) is 5.24. The van der Waals surface area contributed by atoms with Crippen LogP contribution in [0, 0.1) is 0 Å². The molecule has 0 aromatic heterocycles. The lowest BCUT2D eigenvalue weighted by Gasteiger charge is -2.45. The van der Waals surface area contributed by atoms with E-state index >= 15 is 0 Å². The number of hydrogen-bond acceptors (Lipinski definition) is 3. The van der Waals surface area contributed by atoms with Crippen molar-refractivity contribution in [1.82, 2.24) is 15.1 Å². The predicted octanol–water partition coefficient (Wildman–Crippen LogP) is 5.83. The number of fused-ring (bicyclic) bond motifs is 1. The molecule has 4 nitrogen and oxygen atoms in total. The van der Waals surface area contributed by atoms with E-state index in [-0.39, 0.29) is 42.4 Å². The standard InChI is InChI=1S/C25H27F6N3O.2ClH/c1-16(18-13-19(24(26,27)28)15-20(14-18)25(29,30)31)33(2)22(35)23(34-11-9-32-10-12-34)8-7-17-5-3-4-6-21(17)23;;/h3-6,13-16,32H,7-12H2,1-2H3;2*1H. The van der Waals surface area contributed by atoms with Crippen LogP contribution in [0.4, 0.5) is 26.3 Å². The van der Waals surface area contributed by atoms with Crippen LogP contribution in [0.3, 0.4) is 0 Å². The van der Waals surface area contributed by atoms with Crippen LogP contribution < -0.4 is 5.32 Å². The van der Waals surface area contributed by atoms with Crippen molar-refractivity contribution < 1.29 is 31.1 Å². The molecule has 0 bridgehead atoms. The SMILES string of the molecule is CC(c1cc(C(F)(F)F)cc(C(F)(F)F)c1)N(C)C(=O)C1(N2CCNCC2)CCc2ccccc21.Cl.Cl. The van der Waals surface area contributed by atoms with Crippen molar-refractivity contribution in [3.05, 3.63) is 70.3 Å². The first kappa shape index (κ1) is 31.2. The van der Waals surface area contributed by atoms with Gasteiger partial charge in [-0.05, 0) is 54.7 Å². The van der Waals surface area contributed by atoms with Gasteiger partial charge >= 0.3 is 12.4 Å². The van der Waals surface area contributed by atoms with Gasteiger partial charge in [-0.25, -0.2) is 0 Å². The first-order valence-corrected chi connectivity index (χ1v) is 11.5. The highest BCUT2D eigenvalue weighted by Gasteiger charge is 2.51. The molecule has 2 aromatic rings. The van der Waals surface area contributed by atoms with Gasteiger partial charge in [-0.3, -0.25) is 9.69 Å². The summed E-state index contributed by atoms with van der Waals surface area (Å²) in [6, 6.07) is 8.08. The van der Waals surface area contributed by atoms with Gasteiger partial charge < -0.3 is 10.2 Å². The van der Waals surface area contributed by atoms with E-state index in [9.17, 15) is 31.1 Å². The number of nitrogens with one attached hydrogen (secondary N) is 1. The van der Waals surface area contributed by atoms with Crippen molar-refractivity contribution in [3.63, 3.8) is 0 Å². The minimum atomic E-state index is -4.95. The van der Waals surface area contributed by atoms with E-state index in [2.05, 4.69) is 10.2 Å². The van der Waals surface area contributed by atoms with Crippen LogP contribution in [0.2, 0.25) is 0 Å². The number of halogens is 8. The molecule has 0 radical (unpaired) electrons. The van der Waals surface area contributed by atoms with Crippen LogP contribution in [-0.4, -0.2) is 48.9 Å². The maximum absolute atomic E-state index is 14.1. The molecule has 2 atom stereocenters. The van der Waals surface area contributed by atoms with Crippen LogP contribution in [0.5, 0.6) is 0 Å². The average Bonchev–Trinajstić information content (AvgIpc) is 3.22. The zero-order valence-electron chi connectivity index (χ0n) is 20.2. The lowest BCUT2D eigenvalue weighted by atomic mass is 9.86. The molecule has 2 aromatic carbocycles. The molecule has 12 heteroatoms. The number of benzene rings is 2. The minimum Gasteiger partial charge on any atom is -0.337 e. The molecule has 1 aliphatic carbocycles. The Kier molecular flexibility index (Phi) is 9.61. The minimum absolute atomic E-state index is 0. The number of piperazine rings is 1. The first-order valence-electron chi connectivity index (χ1n) is 11.5. The van der Waals surface area contributed by atoms with E-state index < -0.39 is 35.1 Å². The zero-order chi connectivity index (χ0) is 25.6. The summed E-state index contributed by atoms with van der Waals surface area (Å²) in [4.78, 5) is 17.5. The maximum Gasteiger partial charge on any atom is 0.416 e. The molecule has 4 rings (SSSR count). The smallest absolute Gasteiger partial charge is 0.337 e. The Morgan fingerprint density at radius 2 is 1.51 bits per heavy atom. The van der Waals surface area contributed by atoms with Gasteiger partial charge in [-0.15, -0.1) is 24.8 Å². The molecule has 1 saturated heterocycles. The van der Waals surface area contributed by atoms with Crippen LogP contribution in [-0.2, 0) is 29.1 Å². The van der Waals surface area contributed by atoms with E-state index in [0.29, 0.717) is 51.2 Å². The van der Waals surface area contributed by atoms with Gasteiger partial charge in [0.05, 0.1) is 17.2 Å². The van der Waals surface area contributed by atoms with Crippen LogP contribution >= 0.6 is 24.8 Å². The molecular formula is C25H29Cl2F6N3O. The van der Waals surface area contributed by atoms with Crippen molar-refractivity contribution in [2.24, 2.45) is 0 Å². The molecule has 2 aliphatic rings. The fourth-order valence-corrected chi connectivity index (χ4v) is 5.24. The summed E-state index contributed by atoms with van der Waals surface area (Å²) < 4.78 is 80.5. The average molecular weight is 572 g/mol. The number of nitrogens with zero attached hydrogens (tertiary/aromatic N) is 2. The Balaban J connectivity index is 0.00000241. The number of hydrogen-bond donors (Lipinski definition) is 1. The normalized spacial score (nSPS) is 20.9. The van der Waals surface area contributed by atoms with Gasteiger partial charge in [0.1, 0.15) is 5.54 Å². The Morgan fingerprint density at radius 1 is 0.973 bits per heavy atom. The highest BCUT2D eigenvalue weighted by atomic mass is 35.5. The van der Waals surface area contributed by atoms with E-state index in [0.717, 1.165) is 11.1 Å². The summed E-state index contributed by atoms with van der Waals surface area (Å²) in [6.07, 6.45) is -8.75. The number of likely N-dealkylation sites (N-methyl/N-ethyl adjacent to an activating group) is 1. The Hall–Kier alpha value is -2.01. The van der Waals surface area contributed by atoms with E-state index in [4.69, 9.17) is 0 Å². The topological polar surface area (TPSA) is 35.6 Å². The monoisotopic (exact) mass is 571 g/mol. The van der Waals surface area contributed by atoms with Gasteiger partial charge in [0.2, 0.25) is 5.91 Å². The molecule has 206 valence electrons. The van der Waals surface area contributed by atoms with Gasteiger partial charge in [-0.2, -0.15) is 26.3 Å². The third kappa shape index (κ3) is 5.87. The third-order valence-corrected chi connectivity index (χ3v) is 7.22. The lowest BCUT2D eigenvalue weighted by molar-refractivity contribution is -0.147. The second-order valence-electron chi connectivity index (χ2n) is 9.19. The summed E-state index contributed by atoms with van der Waals surface area (Å²) in [5.74, 6) is -0.331. The lowest BCUT2D eigenvalue weighted by Crippen LogP contribution is -2.60. The second-order valence-corrected chi connectivity index (χ2v) is 9.19. The summed E-state index contributed by atoms with van der Waals surface area (Å²) in [5, 5.41) is 3.26. The molecule has 0 saturated carbocycles. The van der Waals surface area contributed by atoms with Crippen molar-refractivity contribution >= 4 is 30.7 Å². The van der Waals surface area contributed by atoms with Crippen molar-refractivity contribution in [1.29, 1.82) is 0 Å². The molecule has 1 heterocycles. The molecule has 1 N–H and O–H groups in total. The van der Waals surface area contributed by atoms with Gasteiger partial charge in [0, 0.05) is 33.2 Å². The van der Waals surface area contributed by atoms with Crippen molar-refractivity contribution in [2.75, 3.05) is 33.2 Å². The molecule has 1 amide bonds. The van der Waals surface area contributed by atoms with Crippen LogP contribution in [0.15, 0.2) is 42.5 Å². The van der Waals surface area contributed by atoms with Crippen molar-refractivity contribution in [3.8, 4) is 0 Å². The number of amides is 1. The maximum atomic E-state index is 14.1. The summed E-state index contributed by atoms with van der Waals surface area (Å²) in [7, 11) is 1.45. The van der Waals surface area contributed by atoms with Crippen LogP contribution in [0.25, 0.3) is 0 Å². The Morgan fingerprint density at radius 3 is 2.05 bits per heavy atom. The summed E-state index contributed by atoms with van der Waals surface area (Å²) in [6.45, 7) is 4.02. The van der Waals surface area contributed by atoms with Crippen LogP contribution in [0.1, 0.15) is 47.2 Å². The van der Waals surface area contributed by atoms with E-state index in [1.54, 1.807) is 0 Å². The largest absolute Gasteiger partial charge is 0.416 e. The van der Waals surface area contributed by atoms with Gasteiger partial charge in [0.25, 0.3) is 0 Å². The highest BCUT2D eigenvalue weighted by Crippen LogP contribution is 2.45. The molecule has 1 aliphatic heterocycles. The number of rotatable bonds is 4. The highest BCUT2D eigenvalue weighted by molar-refractivity contribution is 5.89. The quantitative estimate of drug-likeness (QED) is 0.469. The molecule has 2 unspecified atom stereocenters. The second kappa shape index (κ2) is 11.4. The van der Waals surface area contributed by atoms with Crippen molar-refractivity contribution in [2.45, 2.75) is 43.7 Å². The van der Waals surface area contributed by atoms with E-state index in [1.807, 2.05) is 24.3 Å². The molecule has 1 fully saturated rings. The van der Waals surface area contributed by atoms with Gasteiger partial charge in [-0.1, -0.05) is 24.3 Å². The molecule has 37 heavy (non-hydrogen) atoms. The number of carbonyl (C=O) groups excluding carboxylic acids is 1. The van der Waals surface area contributed by atoms with E-state index in [1.165, 1.54) is 18.9 Å². The zero-order valence-corrected chi connectivity index (χ0v) is 21.9. The first-order chi connectivity index (χ1) is 16.4. The summed E-state index contributed by atoms with van der Waals surface area (Å²) >= 11 is 0. The Bertz CT molecular complexity index is 1070. The number of aryl methyl sites for hydroxylation is 1.